The average molecular weight is 1600 g/mol. The summed E-state index contributed by atoms with van der Waals surface area (Å²) < 4.78 is 28.3. The van der Waals surface area contributed by atoms with Gasteiger partial charge in [0.15, 0.2) is 29.2 Å². The van der Waals surface area contributed by atoms with Crippen molar-refractivity contribution in [3.63, 3.8) is 0 Å². The third kappa shape index (κ3) is 16.0. The van der Waals surface area contributed by atoms with Crippen molar-refractivity contribution in [2.45, 2.75) is 221 Å². The van der Waals surface area contributed by atoms with Crippen LogP contribution in [-0.2, 0) is 96.8 Å². The van der Waals surface area contributed by atoms with Gasteiger partial charge in [-0.1, -0.05) is 273 Å². The maximum Gasteiger partial charge on any atom is 0.330 e. The van der Waals surface area contributed by atoms with Gasteiger partial charge in [0.25, 0.3) is 0 Å². The zero-order valence-corrected chi connectivity index (χ0v) is 67.8. The average Bonchev–Trinajstić information content (AvgIpc) is 0.665. The molecule has 8 aliphatic carbocycles. The highest BCUT2D eigenvalue weighted by atomic mass is 35.5. The van der Waals surface area contributed by atoms with Crippen molar-refractivity contribution in [3.05, 3.63) is 220 Å². The van der Waals surface area contributed by atoms with Gasteiger partial charge in [-0.2, -0.15) is 0 Å². The number of alkyl halides is 4. The molecule has 8 saturated carbocycles. The van der Waals surface area contributed by atoms with Gasteiger partial charge in [-0.3, -0.25) is 28.8 Å². The van der Waals surface area contributed by atoms with E-state index < -0.39 is 94.6 Å². The second-order valence-corrected chi connectivity index (χ2v) is 33.2. The van der Waals surface area contributed by atoms with Crippen molar-refractivity contribution in [2.24, 2.45) is 32.5 Å². The van der Waals surface area contributed by atoms with Gasteiger partial charge in [-0.05, 0) is 108 Å². The van der Waals surface area contributed by atoms with Crippen molar-refractivity contribution >= 4 is 117 Å². The van der Waals surface area contributed by atoms with E-state index >= 15 is 0 Å². The monoisotopic (exact) mass is 1600 g/mol. The Hall–Kier alpha value is -8.68. The van der Waals surface area contributed by atoms with Gasteiger partial charge in [0.2, 0.25) is 14.4 Å². The molecule has 0 atom stereocenters. The first-order valence-corrected chi connectivity index (χ1v) is 39.1. The van der Waals surface area contributed by atoms with Crippen LogP contribution in [0.4, 0.5) is 0 Å². The lowest BCUT2D eigenvalue weighted by atomic mass is 9.38. The van der Waals surface area contributed by atoms with Gasteiger partial charge >= 0.3 is 35.8 Å². The van der Waals surface area contributed by atoms with Crippen LogP contribution in [0.1, 0.15) is 187 Å². The van der Waals surface area contributed by atoms with E-state index in [1.165, 1.54) is 25.0 Å². The number of esters is 6. The molecule has 22 heteroatoms. The van der Waals surface area contributed by atoms with Crippen LogP contribution in [0.2, 0.25) is 0 Å². The second kappa shape index (κ2) is 36.0. The Bertz CT molecular complexity index is 3870. The number of hydrogen-bond donors (Lipinski definition) is 0. The fourth-order valence-electron chi connectivity index (χ4n) is 18.6. The van der Waals surface area contributed by atoms with Gasteiger partial charge in [0.05, 0.1) is 32.5 Å². The van der Waals surface area contributed by atoms with Crippen LogP contribution >= 0.6 is 46.4 Å². The van der Waals surface area contributed by atoms with Crippen LogP contribution in [0.25, 0.3) is 0 Å². The Morgan fingerprint density at radius 3 is 0.946 bits per heavy atom. The summed E-state index contributed by atoms with van der Waals surface area (Å²) >= 11 is 22.2. The van der Waals surface area contributed by atoms with E-state index in [9.17, 15) is 57.5 Å². The molecule has 0 unspecified atom stereocenters. The largest absolute Gasteiger partial charge is 0.458 e. The maximum absolute atomic E-state index is 14.9. The normalized spacial score (nSPS) is 21.5. The van der Waals surface area contributed by atoms with Crippen LogP contribution in [-0.4, -0.2) is 115 Å². The number of rotatable bonds is 20. The lowest BCUT2D eigenvalue weighted by Crippen LogP contribution is -2.77. The lowest BCUT2D eigenvalue weighted by molar-refractivity contribution is -0.249. The van der Waals surface area contributed by atoms with Crippen molar-refractivity contribution in [3.8, 4) is 0 Å². The first-order valence-electron chi connectivity index (χ1n) is 37.6. The molecule has 0 aromatic heterocycles. The molecule has 0 N–H and O–H groups in total. The Morgan fingerprint density at radius 2 is 0.649 bits per heavy atom. The van der Waals surface area contributed by atoms with E-state index in [0.29, 0.717) is 44.3 Å². The number of ketones is 6. The summed E-state index contributed by atoms with van der Waals surface area (Å²) in [5.74, 6) is -2.97. The summed E-state index contributed by atoms with van der Waals surface area (Å²) in [7, 11) is 0. The first-order chi connectivity index (χ1) is 52.4. The zero-order chi connectivity index (χ0) is 82.6. The molecule has 8 fully saturated rings. The third-order valence-electron chi connectivity index (χ3n) is 24.1. The van der Waals surface area contributed by atoms with E-state index in [1.807, 2.05) is 156 Å². The minimum absolute atomic E-state index is 0.0309. The molecule has 4 aromatic carbocycles. The van der Waals surface area contributed by atoms with Crippen molar-refractivity contribution in [2.75, 3.05) is 0 Å². The Morgan fingerprint density at radius 1 is 0.360 bits per heavy atom. The number of carbonyl (C=O) groups excluding carboxylic acids is 12. The number of benzene rings is 4. The summed E-state index contributed by atoms with van der Waals surface area (Å²) in [5.41, 5.74) is -2.85. The van der Waals surface area contributed by atoms with Crippen LogP contribution in [0.5, 0.6) is 0 Å². The van der Waals surface area contributed by atoms with Crippen LogP contribution in [0.15, 0.2) is 197 Å². The number of Topliss-reactive ketones (excluding diaryl/α,β-unsaturated/α-hetero) is 6. The van der Waals surface area contributed by atoms with E-state index in [1.54, 1.807) is 27.7 Å². The Labute approximate surface area is 671 Å². The van der Waals surface area contributed by atoms with Crippen LogP contribution in [0, 0.1) is 32.5 Å². The molecule has 111 heavy (non-hydrogen) atoms. The van der Waals surface area contributed by atoms with Gasteiger partial charge < -0.3 is 28.4 Å². The highest BCUT2D eigenvalue weighted by Gasteiger charge is 2.79. The molecule has 0 aliphatic heterocycles. The predicted molar refractivity (Wildman–Crippen MR) is 425 cm³/mol. The van der Waals surface area contributed by atoms with Crippen LogP contribution in [0.3, 0.4) is 0 Å². The summed E-state index contributed by atoms with van der Waals surface area (Å²) in [6.45, 7) is 37.4. The number of ether oxygens (including phenoxy) is 6. The number of halogens is 4. The molecule has 18 nitrogen and oxygen atoms in total. The molecule has 0 amide bonds. The molecule has 594 valence electrons. The van der Waals surface area contributed by atoms with Gasteiger partial charge in [0.1, 0.15) is 46.6 Å². The molecule has 0 saturated heterocycles. The molecule has 0 radical (unpaired) electrons. The SMILES string of the molecule is C=CC(=O)OC1(C)C(CC)(CC)C(=O)C1(CC)CC.C=CC(=O)OC1C(C)(C)C(=O)C1(C)C.C=CC(=O)OC1C(Cl)(Cl)C(=O)C1(Cl)Cl.C=CC(=O)OC1C(c2ccccc2)(c2ccccc2)C(=O)C1(c1ccccc1)c1ccccc1.C=CC(=O)OC1C2(CCCCC2)C(=O)C12CCCCC2.C=CC(=O)OC1CC(=O)C1. The number of carbonyl (C=O) groups is 12. The van der Waals surface area contributed by atoms with E-state index in [4.69, 9.17) is 70.1 Å². The first kappa shape index (κ1) is 89.5. The summed E-state index contributed by atoms with van der Waals surface area (Å²) in [5, 5.41) is 0. The van der Waals surface area contributed by atoms with Crippen molar-refractivity contribution in [1.82, 2.24) is 0 Å². The Kier molecular flexibility index (Phi) is 29.0. The summed E-state index contributed by atoms with van der Waals surface area (Å²) in [4.78, 5) is 142. The molecular weight excluding hydrogens is 1500 g/mol. The molecule has 0 bridgehead atoms. The number of hydrogen-bond acceptors (Lipinski definition) is 18. The minimum Gasteiger partial charge on any atom is -0.458 e. The van der Waals surface area contributed by atoms with E-state index in [-0.39, 0.29) is 58.2 Å². The highest BCUT2D eigenvalue weighted by Crippen LogP contribution is 2.68. The van der Waals surface area contributed by atoms with E-state index in [0.717, 1.165) is 97.9 Å². The molecule has 2 spiro atoms. The molecular formula is C89H102Cl4O18. The van der Waals surface area contributed by atoms with Crippen molar-refractivity contribution < 1.29 is 86.0 Å². The molecule has 8 aliphatic rings. The van der Waals surface area contributed by atoms with Gasteiger partial charge in [0, 0.05) is 49.3 Å². The standard InChI is InChI=1S/C31H24O3.C17H24O3.C16H26O3.C11H16O3.C7H4Cl4O3.C7H8O3/c1-2-27(32)34-29-30(23-15-7-3-8-16-23,24-17-9-4-10-18-24)28(33)31(29,25-19-11-5-12-20-25)26-21-13-6-14-22-26;1-2-13(18)20-15-16(9-5-3-6-10-16)14(19)17(15)11-7-4-8-12-17;1-7-12(17)19-14(6)15(8-2,9-3)13(18)16(14,10-4)11-5;1-6-7(12)14-9-10(2,3)8(13)11(9,4)5;1-2-3(12)14-5-6(8,9)4(13)7(5,10)11;1-2-7(9)10-6-3-5(8)4-6/h2-22,29H,1H2;2,15H,1,3-12H2;7H,1,8-11H2,2-6H3;6,9H,1H2,2-5H3;2,5H,1H2;2,6H,1,3-4H2. The lowest BCUT2D eigenvalue weighted by Gasteiger charge is -2.66. The Balaban J connectivity index is 0.000000194. The quantitative estimate of drug-likeness (QED) is 0.0344. The maximum atomic E-state index is 14.9. The fourth-order valence-corrected chi connectivity index (χ4v) is 20.4. The van der Waals surface area contributed by atoms with Crippen LogP contribution < -0.4 is 0 Å². The fraction of sp³-hybridized carbons (Fsp3) is 0.461. The highest BCUT2D eigenvalue weighted by molar-refractivity contribution is 6.74. The topological polar surface area (TPSA) is 260 Å². The molecule has 12 rings (SSSR count). The van der Waals surface area contributed by atoms with Crippen molar-refractivity contribution in [1.29, 1.82) is 0 Å². The van der Waals surface area contributed by atoms with E-state index in [2.05, 4.69) is 44.2 Å². The smallest absolute Gasteiger partial charge is 0.330 e. The van der Waals surface area contributed by atoms with Gasteiger partial charge in [-0.25, -0.2) is 28.8 Å². The molecule has 0 heterocycles. The predicted octanol–water partition coefficient (Wildman–Crippen LogP) is 17.1. The van der Waals surface area contributed by atoms with Gasteiger partial charge in [-0.15, -0.1) is 0 Å². The summed E-state index contributed by atoms with van der Waals surface area (Å²) in [6.07, 6.45) is 17.7. The zero-order valence-electron chi connectivity index (χ0n) is 64.8. The summed E-state index contributed by atoms with van der Waals surface area (Å²) in [6, 6.07) is 38.4. The minimum atomic E-state index is -1.89. The third-order valence-corrected chi connectivity index (χ3v) is 25.6. The molecule has 4 aromatic rings. The second-order valence-electron chi connectivity index (χ2n) is 30.4.